The van der Waals surface area contributed by atoms with E-state index in [1.165, 1.54) is 0 Å². The third-order valence-corrected chi connectivity index (χ3v) is 4.19. The molecule has 1 fully saturated rings. The number of rotatable bonds is 3. The lowest BCUT2D eigenvalue weighted by Gasteiger charge is -2.36. The van der Waals surface area contributed by atoms with Crippen LogP contribution in [0.25, 0.3) is 0 Å². The van der Waals surface area contributed by atoms with E-state index in [0.717, 1.165) is 11.8 Å². The molecule has 2 rings (SSSR count). The van der Waals surface area contributed by atoms with Gasteiger partial charge in [0.15, 0.2) is 9.84 Å². The molecule has 1 saturated heterocycles. The van der Waals surface area contributed by atoms with Crippen LogP contribution in [0.15, 0.2) is 24.3 Å². The van der Waals surface area contributed by atoms with Crippen molar-refractivity contribution in [1.82, 2.24) is 10.2 Å². The maximum absolute atomic E-state index is 12.2. The van der Waals surface area contributed by atoms with Crippen molar-refractivity contribution in [3.05, 3.63) is 34.9 Å². The van der Waals surface area contributed by atoms with Gasteiger partial charge in [-0.1, -0.05) is 23.7 Å². The Morgan fingerprint density at radius 1 is 1.50 bits per heavy atom. The van der Waals surface area contributed by atoms with Gasteiger partial charge >= 0.3 is 0 Å². The largest absolute Gasteiger partial charge is 0.332 e. The van der Waals surface area contributed by atoms with E-state index in [1.54, 1.807) is 17.0 Å². The lowest BCUT2D eigenvalue weighted by Crippen LogP contribution is -2.50. The summed E-state index contributed by atoms with van der Waals surface area (Å²) in [6.45, 7) is 1.74. The summed E-state index contributed by atoms with van der Waals surface area (Å²) in [5.41, 5.74) is 0.909. The minimum absolute atomic E-state index is 0.184. The number of benzene rings is 1. The molecule has 0 saturated carbocycles. The molecule has 0 aromatic heterocycles. The van der Waals surface area contributed by atoms with Crippen molar-refractivity contribution in [2.75, 3.05) is 31.6 Å². The van der Waals surface area contributed by atoms with E-state index in [9.17, 15) is 13.2 Å². The lowest BCUT2D eigenvalue weighted by molar-refractivity contribution is -0.131. The first-order valence-electron chi connectivity index (χ1n) is 6.30. The number of nitrogens with zero attached hydrogens (tertiary/aromatic N) is 1. The van der Waals surface area contributed by atoms with Crippen LogP contribution in [0.2, 0.25) is 5.02 Å². The van der Waals surface area contributed by atoms with Crippen LogP contribution in [0.5, 0.6) is 0 Å². The van der Waals surface area contributed by atoms with Crippen LogP contribution in [-0.2, 0) is 14.6 Å². The van der Waals surface area contributed by atoms with E-state index < -0.39 is 15.6 Å². The average molecular weight is 317 g/mol. The summed E-state index contributed by atoms with van der Waals surface area (Å²) in [6, 6.07) is 7.11. The average Bonchev–Trinajstić information content (AvgIpc) is 2.37. The molecule has 0 spiro atoms. The second kappa shape index (κ2) is 6.11. The summed E-state index contributed by atoms with van der Waals surface area (Å²) in [5, 5.41) is 3.81. The van der Waals surface area contributed by atoms with Crippen LogP contribution >= 0.6 is 11.6 Å². The molecule has 0 bridgehead atoms. The van der Waals surface area contributed by atoms with Gasteiger partial charge in [-0.05, 0) is 17.7 Å². The SMILES string of the molecule is CS(=O)(=O)CC(=O)N1CCNCC1c1cccc(Cl)c1. The monoisotopic (exact) mass is 316 g/mol. The number of hydrogen-bond donors (Lipinski definition) is 1. The zero-order valence-corrected chi connectivity index (χ0v) is 12.7. The summed E-state index contributed by atoms with van der Waals surface area (Å²) in [4.78, 5) is 13.8. The fraction of sp³-hybridized carbons (Fsp3) is 0.462. The maximum Gasteiger partial charge on any atom is 0.238 e. The highest BCUT2D eigenvalue weighted by molar-refractivity contribution is 7.91. The molecule has 1 N–H and O–H groups in total. The summed E-state index contributed by atoms with van der Waals surface area (Å²) in [5.74, 6) is -0.816. The molecule has 0 radical (unpaired) electrons. The summed E-state index contributed by atoms with van der Waals surface area (Å²) in [7, 11) is -3.32. The number of sulfone groups is 1. The lowest BCUT2D eigenvalue weighted by atomic mass is 10.0. The zero-order valence-electron chi connectivity index (χ0n) is 11.2. The molecule has 1 aliphatic heterocycles. The Bertz CT molecular complexity index is 603. The highest BCUT2D eigenvalue weighted by Crippen LogP contribution is 2.24. The smallest absolute Gasteiger partial charge is 0.238 e. The van der Waals surface area contributed by atoms with Crippen LogP contribution in [0.4, 0.5) is 0 Å². The van der Waals surface area contributed by atoms with E-state index in [4.69, 9.17) is 11.6 Å². The predicted octanol–water partition coefficient (Wildman–Crippen LogP) is 0.858. The number of nitrogens with one attached hydrogen (secondary N) is 1. The normalized spacial score (nSPS) is 19.9. The highest BCUT2D eigenvalue weighted by atomic mass is 35.5. The molecule has 1 unspecified atom stereocenters. The van der Waals surface area contributed by atoms with Crippen molar-refractivity contribution in [2.24, 2.45) is 0 Å². The Hall–Kier alpha value is -1.11. The number of amides is 1. The van der Waals surface area contributed by atoms with Crippen molar-refractivity contribution in [1.29, 1.82) is 0 Å². The van der Waals surface area contributed by atoms with Crippen molar-refractivity contribution in [3.63, 3.8) is 0 Å². The topological polar surface area (TPSA) is 66.5 Å². The van der Waals surface area contributed by atoms with Gasteiger partial charge in [0.25, 0.3) is 0 Å². The molecular formula is C13H17ClN2O3S. The van der Waals surface area contributed by atoms with Crippen LogP contribution in [-0.4, -0.2) is 50.9 Å². The first-order valence-corrected chi connectivity index (χ1v) is 8.74. The van der Waals surface area contributed by atoms with Gasteiger partial charge in [-0.2, -0.15) is 0 Å². The Balaban J connectivity index is 2.23. The molecule has 1 aliphatic rings. The van der Waals surface area contributed by atoms with Gasteiger partial charge in [0.2, 0.25) is 5.91 Å². The molecule has 1 atom stereocenters. The number of hydrogen-bond acceptors (Lipinski definition) is 4. The molecule has 0 aliphatic carbocycles. The van der Waals surface area contributed by atoms with Gasteiger partial charge in [-0.3, -0.25) is 4.79 Å². The second-order valence-electron chi connectivity index (χ2n) is 4.93. The molecular weight excluding hydrogens is 300 g/mol. The Kier molecular flexibility index (Phi) is 4.67. The molecule has 1 heterocycles. The van der Waals surface area contributed by atoms with Crippen LogP contribution in [0.3, 0.4) is 0 Å². The molecule has 1 aromatic rings. The van der Waals surface area contributed by atoms with Crippen molar-refractivity contribution >= 4 is 27.3 Å². The highest BCUT2D eigenvalue weighted by Gasteiger charge is 2.29. The molecule has 1 aromatic carbocycles. The van der Waals surface area contributed by atoms with E-state index in [2.05, 4.69) is 5.32 Å². The van der Waals surface area contributed by atoms with Gasteiger partial charge in [-0.15, -0.1) is 0 Å². The Labute approximate surface area is 123 Å². The van der Waals surface area contributed by atoms with Gasteiger partial charge in [0.05, 0.1) is 6.04 Å². The predicted molar refractivity (Wildman–Crippen MR) is 78.5 cm³/mol. The second-order valence-corrected chi connectivity index (χ2v) is 7.51. The minimum atomic E-state index is -3.32. The van der Waals surface area contributed by atoms with E-state index >= 15 is 0 Å². The quantitative estimate of drug-likeness (QED) is 0.898. The zero-order chi connectivity index (χ0) is 14.8. The van der Waals surface area contributed by atoms with Gasteiger partial charge < -0.3 is 10.2 Å². The number of carbonyl (C=O) groups is 1. The number of piperazine rings is 1. The fourth-order valence-electron chi connectivity index (χ4n) is 2.32. The van der Waals surface area contributed by atoms with Gasteiger partial charge in [0.1, 0.15) is 5.75 Å². The number of halogens is 1. The number of carbonyl (C=O) groups excluding carboxylic acids is 1. The van der Waals surface area contributed by atoms with E-state index in [0.29, 0.717) is 24.7 Å². The van der Waals surface area contributed by atoms with Gasteiger partial charge in [-0.25, -0.2) is 8.42 Å². The Morgan fingerprint density at radius 2 is 2.25 bits per heavy atom. The first kappa shape index (κ1) is 15.3. The molecule has 7 heteroatoms. The van der Waals surface area contributed by atoms with Crippen molar-refractivity contribution in [3.8, 4) is 0 Å². The summed E-state index contributed by atoms with van der Waals surface area (Å²) >= 11 is 5.98. The first-order chi connectivity index (χ1) is 9.37. The van der Waals surface area contributed by atoms with E-state index in [1.807, 2.05) is 12.1 Å². The third kappa shape index (κ3) is 3.94. The van der Waals surface area contributed by atoms with Gasteiger partial charge in [0, 0.05) is 30.9 Å². The van der Waals surface area contributed by atoms with E-state index in [-0.39, 0.29) is 11.9 Å². The maximum atomic E-state index is 12.2. The summed E-state index contributed by atoms with van der Waals surface area (Å²) in [6.07, 6.45) is 1.07. The van der Waals surface area contributed by atoms with Crippen LogP contribution < -0.4 is 5.32 Å². The minimum Gasteiger partial charge on any atom is -0.332 e. The van der Waals surface area contributed by atoms with Crippen LogP contribution in [0, 0.1) is 0 Å². The van der Waals surface area contributed by atoms with Crippen LogP contribution in [0.1, 0.15) is 11.6 Å². The Morgan fingerprint density at radius 3 is 2.90 bits per heavy atom. The standard InChI is InChI=1S/C13H17ClN2O3S/c1-20(18,19)9-13(17)16-6-5-15-8-12(16)10-3-2-4-11(14)7-10/h2-4,7,12,15H,5-6,8-9H2,1H3. The van der Waals surface area contributed by atoms with Crippen molar-refractivity contribution < 1.29 is 13.2 Å². The molecule has 1 amide bonds. The third-order valence-electron chi connectivity index (χ3n) is 3.18. The molecule has 5 nitrogen and oxygen atoms in total. The fourth-order valence-corrected chi connectivity index (χ4v) is 3.13. The summed E-state index contributed by atoms with van der Waals surface area (Å²) < 4.78 is 22.6. The van der Waals surface area contributed by atoms with Crippen molar-refractivity contribution in [2.45, 2.75) is 6.04 Å². The molecule has 20 heavy (non-hydrogen) atoms. The molecule has 110 valence electrons.